The fourth-order valence-electron chi connectivity index (χ4n) is 1.77. The Bertz CT molecular complexity index is 197. The molecule has 0 amide bonds. The lowest BCUT2D eigenvalue weighted by molar-refractivity contribution is -0.105. The summed E-state index contributed by atoms with van der Waals surface area (Å²) in [6, 6.07) is 0. The Kier molecular flexibility index (Phi) is 10.2. The molecule has 0 aromatic heterocycles. The molecule has 0 aromatic carbocycles. The van der Waals surface area contributed by atoms with Gasteiger partial charge in [-0.25, -0.2) is 0 Å². The van der Waals surface area contributed by atoms with E-state index >= 15 is 0 Å². The van der Waals surface area contributed by atoms with E-state index < -0.39 is 0 Å². The van der Waals surface area contributed by atoms with Crippen molar-refractivity contribution in [2.75, 3.05) is 14.1 Å². The zero-order chi connectivity index (χ0) is 12.2. The van der Waals surface area contributed by atoms with E-state index in [1.54, 1.807) is 0 Å². The first-order chi connectivity index (χ1) is 7.70. The molecule has 0 spiro atoms. The van der Waals surface area contributed by atoms with Crippen molar-refractivity contribution in [1.82, 2.24) is 4.90 Å². The molecule has 0 fully saturated rings. The quantitative estimate of drug-likeness (QED) is 0.320. The van der Waals surface area contributed by atoms with Crippen LogP contribution in [-0.4, -0.2) is 25.3 Å². The largest absolute Gasteiger partial charge is 0.383 e. The molecule has 2 heteroatoms. The molecule has 0 atom stereocenters. The van der Waals surface area contributed by atoms with Crippen molar-refractivity contribution >= 4 is 6.29 Å². The summed E-state index contributed by atoms with van der Waals surface area (Å²) < 4.78 is 0. The Labute approximate surface area is 101 Å². The Morgan fingerprint density at radius 1 is 1.00 bits per heavy atom. The van der Waals surface area contributed by atoms with Gasteiger partial charge in [-0.2, -0.15) is 0 Å². The van der Waals surface area contributed by atoms with Crippen LogP contribution in [0, 0.1) is 0 Å². The molecule has 0 bridgehead atoms. The summed E-state index contributed by atoms with van der Waals surface area (Å²) in [6.45, 7) is 2.24. The van der Waals surface area contributed by atoms with Gasteiger partial charge in [0.2, 0.25) is 0 Å². The molecule has 0 aliphatic rings. The van der Waals surface area contributed by atoms with Crippen molar-refractivity contribution in [2.24, 2.45) is 0 Å². The number of hydrogen-bond acceptors (Lipinski definition) is 2. The highest BCUT2D eigenvalue weighted by molar-refractivity contribution is 5.72. The first kappa shape index (κ1) is 15.2. The molecule has 94 valence electrons. The normalized spacial score (nSPS) is 11.6. The lowest BCUT2D eigenvalue weighted by Crippen LogP contribution is -2.03. The summed E-state index contributed by atoms with van der Waals surface area (Å²) in [5.41, 5.74) is 0.915. The van der Waals surface area contributed by atoms with Gasteiger partial charge in [-0.1, -0.05) is 45.4 Å². The lowest BCUT2D eigenvalue weighted by Gasteiger charge is -2.07. The van der Waals surface area contributed by atoms with Gasteiger partial charge in [0.15, 0.2) is 0 Å². The lowest BCUT2D eigenvalue weighted by atomic mass is 10.1. The van der Waals surface area contributed by atoms with Crippen LogP contribution in [0.15, 0.2) is 11.8 Å². The van der Waals surface area contributed by atoms with Crippen LogP contribution >= 0.6 is 0 Å². The van der Waals surface area contributed by atoms with Crippen molar-refractivity contribution < 1.29 is 4.79 Å². The SMILES string of the molecule is CCCCCCCCC/C(C=O)=C\N(C)C. The summed E-state index contributed by atoms with van der Waals surface area (Å²) in [6.07, 6.45) is 12.9. The van der Waals surface area contributed by atoms with Gasteiger partial charge in [0.25, 0.3) is 0 Å². The first-order valence-electron chi connectivity index (χ1n) is 6.53. The van der Waals surface area contributed by atoms with Crippen molar-refractivity contribution in [3.8, 4) is 0 Å². The number of nitrogens with zero attached hydrogens (tertiary/aromatic N) is 1. The van der Waals surface area contributed by atoms with Gasteiger partial charge in [-0.05, 0) is 12.8 Å². The van der Waals surface area contributed by atoms with Crippen LogP contribution in [0.2, 0.25) is 0 Å². The molecule has 0 radical (unpaired) electrons. The number of carbonyl (C=O) groups is 1. The predicted octanol–water partition coefficient (Wildman–Crippen LogP) is 3.77. The van der Waals surface area contributed by atoms with E-state index in [0.717, 1.165) is 24.7 Å². The number of hydrogen-bond donors (Lipinski definition) is 0. The maximum absolute atomic E-state index is 10.8. The standard InChI is InChI=1S/C14H27NO/c1-4-5-6-7-8-9-10-11-14(13-16)12-15(2)3/h12-13H,4-11H2,1-3H3/b14-12+. The summed E-state index contributed by atoms with van der Waals surface area (Å²) >= 11 is 0. The van der Waals surface area contributed by atoms with Gasteiger partial charge in [-0.15, -0.1) is 0 Å². The van der Waals surface area contributed by atoms with E-state index in [1.807, 2.05) is 25.2 Å². The Morgan fingerprint density at radius 3 is 2.06 bits per heavy atom. The van der Waals surface area contributed by atoms with Crippen molar-refractivity contribution in [1.29, 1.82) is 0 Å². The third-order valence-corrected chi connectivity index (χ3v) is 2.64. The van der Waals surface area contributed by atoms with Gasteiger partial charge in [0, 0.05) is 25.9 Å². The number of unbranched alkanes of at least 4 members (excludes halogenated alkanes) is 6. The maximum atomic E-state index is 10.8. The molecular formula is C14H27NO. The Morgan fingerprint density at radius 2 is 1.56 bits per heavy atom. The van der Waals surface area contributed by atoms with Crippen molar-refractivity contribution in [3.05, 3.63) is 11.8 Å². The average Bonchev–Trinajstić information content (AvgIpc) is 2.25. The highest BCUT2D eigenvalue weighted by Gasteiger charge is 1.97. The van der Waals surface area contributed by atoms with E-state index in [9.17, 15) is 4.79 Å². The fourth-order valence-corrected chi connectivity index (χ4v) is 1.77. The second-order valence-corrected chi connectivity index (χ2v) is 4.66. The van der Waals surface area contributed by atoms with Crippen LogP contribution < -0.4 is 0 Å². The smallest absolute Gasteiger partial charge is 0.147 e. The van der Waals surface area contributed by atoms with Gasteiger partial charge in [0.05, 0.1) is 0 Å². The molecule has 0 unspecified atom stereocenters. The molecule has 0 saturated heterocycles. The van der Waals surface area contributed by atoms with Gasteiger partial charge in [-0.3, -0.25) is 4.79 Å². The summed E-state index contributed by atoms with van der Waals surface area (Å²) in [4.78, 5) is 12.7. The molecule has 0 N–H and O–H groups in total. The molecule has 0 aliphatic heterocycles. The summed E-state index contributed by atoms with van der Waals surface area (Å²) in [5.74, 6) is 0. The topological polar surface area (TPSA) is 20.3 Å². The number of allylic oxidation sites excluding steroid dienone is 1. The average molecular weight is 225 g/mol. The number of carbonyl (C=O) groups excluding carboxylic acids is 1. The molecule has 0 heterocycles. The van der Waals surface area contributed by atoms with Crippen LogP contribution in [0.25, 0.3) is 0 Å². The van der Waals surface area contributed by atoms with Crippen LogP contribution in [-0.2, 0) is 4.79 Å². The Balaban J connectivity index is 3.45. The van der Waals surface area contributed by atoms with Crippen LogP contribution in [0.1, 0.15) is 58.3 Å². The maximum Gasteiger partial charge on any atom is 0.147 e. The molecule has 0 rings (SSSR count). The summed E-state index contributed by atoms with van der Waals surface area (Å²) in [7, 11) is 3.91. The minimum atomic E-state index is 0.915. The van der Waals surface area contributed by atoms with E-state index in [-0.39, 0.29) is 0 Å². The second-order valence-electron chi connectivity index (χ2n) is 4.66. The highest BCUT2D eigenvalue weighted by atomic mass is 16.1. The predicted molar refractivity (Wildman–Crippen MR) is 70.4 cm³/mol. The van der Waals surface area contributed by atoms with E-state index in [0.29, 0.717) is 0 Å². The van der Waals surface area contributed by atoms with Crippen LogP contribution in [0.4, 0.5) is 0 Å². The van der Waals surface area contributed by atoms with Gasteiger partial charge in [0.1, 0.15) is 6.29 Å². The third kappa shape index (κ3) is 9.75. The molecule has 0 aliphatic carbocycles. The zero-order valence-electron chi connectivity index (χ0n) is 11.2. The van der Waals surface area contributed by atoms with Crippen molar-refractivity contribution in [3.63, 3.8) is 0 Å². The minimum Gasteiger partial charge on any atom is -0.383 e. The van der Waals surface area contributed by atoms with E-state index in [2.05, 4.69) is 6.92 Å². The van der Waals surface area contributed by atoms with E-state index in [1.165, 1.54) is 38.5 Å². The van der Waals surface area contributed by atoms with Crippen molar-refractivity contribution in [2.45, 2.75) is 58.3 Å². The minimum absolute atomic E-state index is 0.915. The van der Waals surface area contributed by atoms with Crippen LogP contribution in [0.5, 0.6) is 0 Å². The summed E-state index contributed by atoms with van der Waals surface area (Å²) in [5, 5.41) is 0. The Hall–Kier alpha value is -0.790. The number of aldehydes is 1. The van der Waals surface area contributed by atoms with E-state index in [4.69, 9.17) is 0 Å². The van der Waals surface area contributed by atoms with Crippen LogP contribution in [0.3, 0.4) is 0 Å². The monoisotopic (exact) mass is 225 g/mol. The van der Waals surface area contributed by atoms with Gasteiger partial charge >= 0.3 is 0 Å². The molecule has 0 saturated carbocycles. The molecule has 2 nitrogen and oxygen atoms in total. The zero-order valence-corrected chi connectivity index (χ0v) is 11.2. The molecule has 0 aromatic rings. The molecular weight excluding hydrogens is 198 g/mol. The molecule has 16 heavy (non-hydrogen) atoms. The number of rotatable bonds is 10. The van der Waals surface area contributed by atoms with Gasteiger partial charge < -0.3 is 4.90 Å². The highest BCUT2D eigenvalue weighted by Crippen LogP contribution is 2.11. The first-order valence-corrected chi connectivity index (χ1v) is 6.53. The third-order valence-electron chi connectivity index (χ3n) is 2.64. The second kappa shape index (κ2) is 10.7. The fraction of sp³-hybridized carbons (Fsp3) is 0.786.